The van der Waals surface area contributed by atoms with Gasteiger partial charge in [0.1, 0.15) is 5.69 Å². The lowest BCUT2D eigenvalue weighted by Gasteiger charge is -2.16. The Bertz CT molecular complexity index is 410. The number of pyridine rings is 1. The Morgan fingerprint density at radius 3 is 2.71 bits per heavy atom. The Hall–Kier alpha value is -1.72. The summed E-state index contributed by atoms with van der Waals surface area (Å²) < 4.78 is 25.7. The van der Waals surface area contributed by atoms with Crippen molar-refractivity contribution in [3.8, 4) is 0 Å². The predicted molar refractivity (Wildman–Crippen MR) is 61.4 cm³/mol. The van der Waals surface area contributed by atoms with Crippen molar-refractivity contribution in [3.05, 3.63) is 23.5 Å². The van der Waals surface area contributed by atoms with Gasteiger partial charge in [0.25, 0.3) is 12.3 Å². The van der Waals surface area contributed by atoms with E-state index >= 15 is 0 Å². The number of hydrogen-bond acceptors (Lipinski definition) is 3. The summed E-state index contributed by atoms with van der Waals surface area (Å²) in [7, 11) is 3.15. The Balaban J connectivity index is 3.19. The number of hydrogen-bond donors (Lipinski definition) is 1. The molecule has 1 heterocycles. The number of nitrogens with one attached hydrogen (secondary N) is 1. The Morgan fingerprint density at radius 2 is 2.24 bits per heavy atom. The van der Waals surface area contributed by atoms with Crippen molar-refractivity contribution < 1.29 is 13.6 Å². The van der Waals surface area contributed by atoms with Gasteiger partial charge in [-0.1, -0.05) is 0 Å². The first-order chi connectivity index (χ1) is 8.01. The van der Waals surface area contributed by atoms with Gasteiger partial charge in [-0.15, -0.1) is 0 Å². The van der Waals surface area contributed by atoms with E-state index in [1.165, 1.54) is 17.2 Å². The number of nitrogens with zero attached hydrogens (tertiary/aromatic N) is 2. The second-order valence-electron chi connectivity index (χ2n) is 3.53. The van der Waals surface area contributed by atoms with Crippen LogP contribution in [0.3, 0.4) is 0 Å². The van der Waals surface area contributed by atoms with Crippen molar-refractivity contribution in [1.82, 2.24) is 9.88 Å². The third-order valence-corrected chi connectivity index (χ3v) is 2.46. The summed E-state index contributed by atoms with van der Waals surface area (Å²) >= 11 is 0. The molecule has 0 unspecified atom stereocenters. The second-order valence-corrected chi connectivity index (χ2v) is 3.53. The molecule has 0 aliphatic rings. The van der Waals surface area contributed by atoms with E-state index in [-0.39, 0.29) is 11.3 Å². The van der Waals surface area contributed by atoms with Gasteiger partial charge < -0.3 is 10.2 Å². The zero-order valence-corrected chi connectivity index (χ0v) is 10.00. The molecule has 1 N–H and O–H groups in total. The molecule has 1 aromatic heterocycles. The normalized spacial score (nSPS) is 10.5. The first-order valence-electron chi connectivity index (χ1n) is 5.22. The van der Waals surface area contributed by atoms with Crippen LogP contribution >= 0.6 is 0 Å². The highest BCUT2D eigenvalue weighted by molar-refractivity contribution is 5.94. The highest BCUT2D eigenvalue weighted by atomic mass is 19.3. The molecule has 1 amide bonds. The predicted octanol–water partition coefficient (Wildman–Crippen LogP) is 2.15. The van der Waals surface area contributed by atoms with E-state index in [0.717, 1.165) is 0 Å². The zero-order valence-electron chi connectivity index (χ0n) is 10.00. The molecule has 0 aliphatic heterocycles. The van der Waals surface area contributed by atoms with Gasteiger partial charge in [-0.2, -0.15) is 0 Å². The topological polar surface area (TPSA) is 45.2 Å². The van der Waals surface area contributed by atoms with Crippen LogP contribution in [0.15, 0.2) is 12.3 Å². The number of halogens is 2. The van der Waals surface area contributed by atoms with E-state index in [1.807, 2.05) is 0 Å². The first-order valence-corrected chi connectivity index (χ1v) is 5.22. The lowest BCUT2D eigenvalue weighted by Crippen LogP contribution is -2.28. The first kappa shape index (κ1) is 13.3. The lowest BCUT2D eigenvalue weighted by molar-refractivity contribution is 0.0783. The van der Waals surface area contributed by atoms with Gasteiger partial charge in [-0.25, -0.2) is 13.8 Å². The number of amides is 1. The van der Waals surface area contributed by atoms with Crippen LogP contribution in [0.1, 0.15) is 29.4 Å². The van der Waals surface area contributed by atoms with Gasteiger partial charge in [0.15, 0.2) is 0 Å². The van der Waals surface area contributed by atoms with E-state index < -0.39 is 12.3 Å². The Morgan fingerprint density at radius 1 is 1.59 bits per heavy atom. The molecular weight excluding hydrogens is 228 g/mol. The number of anilines is 1. The molecule has 1 rings (SSSR count). The molecule has 0 fully saturated rings. The number of aromatic nitrogens is 1. The number of carbonyl (C=O) groups excluding carboxylic acids is 1. The molecule has 0 radical (unpaired) electrons. The molecule has 94 valence electrons. The van der Waals surface area contributed by atoms with Crippen molar-refractivity contribution in [2.75, 3.05) is 26.0 Å². The summed E-state index contributed by atoms with van der Waals surface area (Å²) in [5.41, 5.74) is -0.0819. The van der Waals surface area contributed by atoms with Gasteiger partial charge in [0.05, 0.1) is 17.4 Å². The average molecular weight is 243 g/mol. The SMILES string of the molecule is CCN(C)C(=O)c1ncc(NC)cc1C(F)F. The highest BCUT2D eigenvalue weighted by Gasteiger charge is 2.22. The quantitative estimate of drug-likeness (QED) is 0.881. The molecule has 0 aliphatic carbocycles. The number of carbonyl (C=O) groups is 1. The van der Waals surface area contributed by atoms with Crippen LogP contribution in [-0.4, -0.2) is 36.4 Å². The van der Waals surface area contributed by atoms with Crippen LogP contribution in [0.5, 0.6) is 0 Å². The van der Waals surface area contributed by atoms with Crippen molar-refractivity contribution in [2.24, 2.45) is 0 Å². The minimum Gasteiger partial charge on any atom is -0.387 e. The summed E-state index contributed by atoms with van der Waals surface area (Å²) in [5, 5.41) is 2.71. The fourth-order valence-electron chi connectivity index (χ4n) is 1.29. The summed E-state index contributed by atoms with van der Waals surface area (Å²) in [6, 6.07) is 1.24. The highest BCUT2D eigenvalue weighted by Crippen LogP contribution is 2.25. The standard InChI is InChI=1S/C11H15F2N3O/c1-4-16(3)11(17)9-8(10(12)13)5-7(14-2)6-15-9/h5-6,10,14H,4H2,1-3H3. The van der Waals surface area contributed by atoms with E-state index in [4.69, 9.17) is 0 Å². The summed E-state index contributed by atoms with van der Waals surface area (Å²) in [6.07, 6.45) is -1.36. The van der Waals surface area contributed by atoms with Crippen molar-refractivity contribution in [1.29, 1.82) is 0 Å². The monoisotopic (exact) mass is 243 g/mol. The van der Waals surface area contributed by atoms with Gasteiger partial charge in [-0.3, -0.25) is 4.79 Å². The molecule has 1 aromatic rings. The molecule has 0 bridgehead atoms. The van der Waals surface area contributed by atoms with Crippen molar-refractivity contribution >= 4 is 11.6 Å². The Labute approximate surface area is 98.6 Å². The van der Waals surface area contributed by atoms with Gasteiger partial charge in [-0.05, 0) is 13.0 Å². The van der Waals surface area contributed by atoms with Crippen LogP contribution in [0.25, 0.3) is 0 Å². The molecule has 0 saturated carbocycles. The van der Waals surface area contributed by atoms with Crippen LogP contribution in [-0.2, 0) is 0 Å². The number of rotatable bonds is 4. The molecular formula is C11H15F2N3O. The molecule has 0 atom stereocenters. The average Bonchev–Trinajstić information content (AvgIpc) is 2.35. The molecule has 17 heavy (non-hydrogen) atoms. The van der Waals surface area contributed by atoms with Crippen molar-refractivity contribution in [3.63, 3.8) is 0 Å². The van der Waals surface area contributed by atoms with E-state index in [1.54, 1.807) is 21.0 Å². The summed E-state index contributed by atoms with van der Waals surface area (Å²) in [6.45, 7) is 2.21. The maximum absolute atomic E-state index is 12.8. The largest absolute Gasteiger partial charge is 0.387 e. The maximum atomic E-state index is 12.8. The summed E-state index contributed by atoms with van der Waals surface area (Å²) in [4.78, 5) is 17.0. The molecule has 4 nitrogen and oxygen atoms in total. The van der Waals surface area contributed by atoms with Gasteiger partial charge >= 0.3 is 0 Å². The maximum Gasteiger partial charge on any atom is 0.272 e. The molecule has 0 spiro atoms. The van der Waals surface area contributed by atoms with Crippen LogP contribution < -0.4 is 5.32 Å². The fourth-order valence-corrected chi connectivity index (χ4v) is 1.29. The third kappa shape index (κ3) is 2.89. The molecule has 6 heteroatoms. The molecule has 0 aromatic carbocycles. The smallest absolute Gasteiger partial charge is 0.272 e. The second kappa shape index (κ2) is 5.56. The fraction of sp³-hybridized carbons (Fsp3) is 0.455. The van der Waals surface area contributed by atoms with Crippen LogP contribution in [0.2, 0.25) is 0 Å². The van der Waals surface area contributed by atoms with E-state index in [0.29, 0.717) is 12.2 Å². The van der Waals surface area contributed by atoms with Gasteiger partial charge in [0, 0.05) is 20.6 Å². The van der Waals surface area contributed by atoms with Crippen LogP contribution in [0, 0.1) is 0 Å². The Kier molecular flexibility index (Phi) is 4.37. The van der Waals surface area contributed by atoms with E-state index in [2.05, 4.69) is 10.3 Å². The zero-order chi connectivity index (χ0) is 13.0. The lowest BCUT2D eigenvalue weighted by atomic mass is 10.1. The minimum atomic E-state index is -2.72. The van der Waals surface area contributed by atoms with Crippen LogP contribution in [0.4, 0.5) is 14.5 Å². The third-order valence-electron chi connectivity index (χ3n) is 2.46. The van der Waals surface area contributed by atoms with Gasteiger partial charge in [0.2, 0.25) is 0 Å². The number of alkyl halides is 2. The van der Waals surface area contributed by atoms with Crippen molar-refractivity contribution in [2.45, 2.75) is 13.3 Å². The summed E-state index contributed by atoms with van der Waals surface area (Å²) in [5.74, 6) is -0.495. The molecule has 0 saturated heterocycles. The minimum absolute atomic E-state index is 0.191. The van der Waals surface area contributed by atoms with E-state index in [9.17, 15) is 13.6 Å².